The lowest BCUT2D eigenvalue weighted by molar-refractivity contribution is -0.121. The summed E-state index contributed by atoms with van der Waals surface area (Å²) >= 11 is 0. The number of carbonyl (C=O) groups excluding carboxylic acids is 3. The molecule has 2 aromatic rings. The lowest BCUT2D eigenvalue weighted by Crippen LogP contribution is -2.41. The van der Waals surface area contributed by atoms with E-state index in [9.17, 15) is 14.4 Å². The molecule has 0 radical (unpaired) electrons. The Hall–Kier alpha value is -3.15. The molecule has 124 valence electrons. The maximum Gasteiger partial charge on any atom is 0.269 e. The Balaban J connectivity index is 1.77. The molecule has 0 fully saturated rings. The molecule has 3 amide bonds. The lowest BCUT2D eigenvalue weighted by Gasteiger charge is -2.08. The van der Waals surface area contributed by atoms with Crippen molar-refractivity contribution in [3.63, 3.8) is 0 Å². The number of carbonyl (C=O) groups is 3. The molecule has 2 aromatic carbocycles. The topological polar surface area (TPSA) is 87.3 Å². The molecule has 0 atom stereocenters. The van der Waals surface area contributed by atoms with Gasteiger partial charge in [-0.1, -0.05) is 30.3 Å². The number of hydrogen-bond acceptors (Lipinski definition) is 3. The molecular formula is C18H19N3O3. The first-order valence-corrected chi connectivity index (χ1v) is 7.55. The van der Waals surface area contributed by atoms with Gasteiger partial charge in [0.2, 0.25) is 11.8 Å². The Morgan fingerprint density at radius 2 is 1.54 bits per heavy atom. The third kappa shape index (κ3) is 5.57. The second kappa shape index (κ2) is 8.47. The van der Waals surface area contributed by atoms with Crippen molar-refractivity contribution in [2.45, 2.75) is 19.8 Å². The number of hydrazine groups is 1. The van der Waals surface area contributed by atoms with Crippen molar-refractivity contribution in [1.82, 2.24) is 10.9 Å². The summed E-state index contributed by atoms with van der Waals surface area (Å²) in [5.41, 5.74) is 6.81. The van der Waals surface area contributed by atoms with Crippen LogP contribution in [-0.2, 0) is 16.0 Å². The molecule has 0 aliphatic heterocycles. The van der Waals surface area contributed by atoms with Gasteiger partial charge in [0, 0.05) is 24.6 Å². The molecule has 3 N–H and O–H groups in total. The van der Waals surface area contributed by atoms with E-state index in [1.54, 1.807) is 24.3 Å². The Morgan fingerprint density at radius 3 is 2.17 bits per heavy atom. The number of rotatable bonds is 5. The Morgan fingerprint density at radius 1 is 0.875 bits per heavy atom. The minimum Gasteiger partial charge on any atom is -0.326 e. The van der Waals surface area contributed by atoms with E-state index in [1.807, 2.05) is 30.3 Å². The summed E-state index contributed by atoms with van der Waals surface area (Å²) in [5, 5.41) is 2.61. The molecule has 0 heterocycles. The zero-order valence-corrected chi connectivity index (χ0v) is 13.3. The van der Waals surface area contributed by atoms with Crippen LogP contribution < -0.4 is 16.2 Å². The highest BCUT2D eigenvalue weighted by Gasteiger charge is 2.08. The van der Waals surface area contributed by atoms with Crippen molar-refractivity contribution in [3.8, 4) is 0 Å². The zero-order chi connectivity index (χ0) is 17.4. The van der Waals surface area contributed by atoms with E-state index >= 15 is 0 Å². The van der Waals surface area contributed by atoms with Crippen LogP contribution in [-0.4, -0.2) is 17.7 Å². The van der Waals surface area contributed by atoms with Gasteiger partial charge in [0.05, 0.1) is 0 Å². The minimum absolute atomic E-state index is 0.183. The Bertz CT molecular complexity index is 712. The predicted molar refractivity (Wildman–Crippen MR) is 91.1 cm³/mol. The second-order valence-corrected chi connectivity index (χ2v) is 5.25. The predicted octanol–water partition coefficient (Wildman–Crippen LogP) is 2.04. The largest absolute Gasteiger partial charge is 0.326 e. The van der Waals surface area contributed by atoms with E-state index in [4.69, 9.17) is 0 Å². The first-order valence-electron chi connectivity index (χ1n) is 7.55. The van der Waals surface area contributed by atoms with Gasteiger partial charge in [0.15, 0.2) is 0 Å². The van der Waals surface area contributed by atoms with E-state index in [0.717, 1.165) is 5.56 Å². The van der Waals surface area contributed by atoms with Crippen LogP contribution in [0.5, 0.6) is 0 Å². The van der Waals surface area contributed by atoms with Crippen LogP contribution in [0.25, 0.3) is 0 Å². The summed E-state index contributed by atoms with van der Waals surface area (Å²) in [7, 11) is 0. The van der Waals surface area contributed by atoms with Gasteiger partial charge >= 0.3 is 0 Å². The fourth-order valence-electron chi connectivity index (χ4n) is 2.07. The fraction of sp³-hybridized carbons (Fsp3) is 0.167. The SMILES string of the molecule is CC(=O)Nc1ccc(C(=O)NNC(=O)CCc2ccccc2)cc1. The van der Waals surface area contributed by atoms with Crippen LogP contribution in [0.15, 0.2) is 54.6 Å². The van der Waals surface area contributed by atoms with Crippen molar-refractivity contribution in [3.05, 3.63) is 65.7 Å². The van der Waals surface area contributed by atoms with E-state index in [-0.39, 0.29) is 18.2 Å². The van der Waals surface area contributed by atoms with Crippen LogP contribution in [0.2, 0.25) is 0 Å². The average molecular weight is 325 g/mol. The molecule has 0 aliphatic rings. The zero-order valence-electron chi connectivity index (χ0n) is 13.3. The Kier molecular flexibility index (Phi) is 6.08. The molecular weight excluding hydrogens is 306 g/mol. The van der Waals surface area contributed by atoms with Crippen molar-refractivity contribution >= 4 is 23.4 Å². The third-order valence-corrected chi connectivity index (χ3v) is 3.27. The van der Waals surface area contributed by atoms with Crippen LogP contribution in [0.1, 0.15) is 29.3 Å². The van der Waals surface area contributed by atoms with Crippen LogP contribution in [0.4, 0.5) is 5.69 Å². The number of amides is 3. The van der Waals surface area contributed by atoms with Gasteiger partial charge in [-0.25, -0.2) is 0 Å². The number of hydrogen-bond donors (Lipinski definition) is 3. The number of anilines is 1. The second-order valence-electron chi connectivity index (χ2n) is 5.25. The summed E-state index contributed by atoms with van der Waals surface area (Å²) in [6, 6.07) is 16.0. The van der Waals surface area contributed by atoms with E-state index in [1.165, 1.54) is 6.92 Å². The molecule has 0 saturated carbocycles. The normalized spacial score (nSPS) is 9.88. The summed E-state index contributed by atoms with van der Waals surface area (Å²) in [4.78, 5) is 34.6. The summed E-state index contributed by atoms with van der Waals surface area (Å²) in [6.45, 7) is 1.41. The first kappa shape index (κ1) is 17.2. The quantitative estimate of drug-likeness (QED) is 0.735. The summed E-state index contributed by atoms with van der Waals surface area (Å²) in [5.74, 6) is -0.864. The van der Waals surface area contributed by atoms with Gasteiger partial charge in [-0.05, 0) is 36.2 Å². The molecule has 0 bridgehead atoms. The molecule has 24 heavy (non-hydrogen) atoms. The molecule has 0 saturated heterocycles. The van der Waals surface area contributed by atoms with E-state index in [2.05, 4.69) is 16.2 Å². The molecule has 0 spiro atoms. The van der Waals surface area contributed by atoms with Gasteiger partial charge in [-0.15, -0.1) is 0 Å². The summed E-state index contributed by atoms with van der Waals surface area (Å²) in [6.07, 6.45) is 0.889. The average Bonchev–Trinajstić information content (AvgIpc) is 2.59. The molecule has 6 nitrogen and oxygen atoms in total. The molecule has 6 heteroatoms. The smallest absolute Gasteiger partial charge is 0.269 e. The molecule has 0 unspecified atom stereocenters. The van der Waals surface area contributed by atoms with Gasteiger partial charge in [0.1, 0.15) is 0 Å². The molecule has 0 aliphatic carbocycles. The number of aryl methyl sites for hydroxylation is 1. The van der Waals surface area contributed by atoms with Gasteiger partial charge < -0.3 is 5.32 Å². The number of benzene rings is 2. The molecule has 0 aromatic heterocycles. The monoisotopic (exact) mass is 325 g/mol. The highest BCUT2D eigenvalue weighted by molar-refractivity contribution is 5.96. The van der Waals surface area contributed by atoms with Gasteiger partial charge in [0.25, 0.3) is 5.91 Å². The summed E-state index contributed by atoms with van der Waals surface area (Å²) < 4.78 is 0. The maximum atomic E-state index is 11.9. The van der Waals surface area contributed by atoms with Crippen LogP contribution >= 0.6 is 0 Å². The highest BCUT2D eigenvalue weighted by atomic mass is 16.2. The standard InChI is InChI=1S/C18H19N3O3/c1-13(22)19-16-10-8-15(9-11-16)18(24)21-20-17(23)12-7-14-5-3-2-4-6-14/h2-6,8-11H,7,12H2,1H3,(H,19,22)(H,20,23)(H,21,24). The van der Waals surface area contributed by atoms with E-state index in [0.29, 0.717) is 17.7 Å². The van der Waals surface area contributed by atoms with Crippen molar-refractivity contribution in [2.75, 3.05) is 5.32 Å². The van der Waals surface area contributed by atoms with Crippen molar-refractivity contribution in [2.24, 2.45) is 0 Å². The Labute approximate surface area is 140 Å². The fourth-order valence-corrected chi connectivity index (χ4v) is 2.07. The minimum atomic E-state index is -0.419. The van der Waals surface area contributed by atoms with E-state index < -0.39 is 5.91 Å². The van der Waals surface area contributed by atoms with Crippen molar-refractivity contribution in [1.29, 1.82) is 0 Å². The van der Waals surface area contributed by atoms with Gasteiger partial charge in [-0.3, -0.25) is 25.2 Å². The lowest BCUT2D eigenvalue weighted by atomic mass is 10.1. The van der Waals surface area contributed by atoms with Crippen molar-refractivity contribution < 1.29 is 14.4 Å². The highest BCUT2D eigenvalue weighted by Crippen LogP contribution is 2.09. The first-order chi connectivity index (χ1) is 11.5. The van der Waals surface area contributed by atoms with Crippen LogP contribution in [0.3, 0.4) is 0 Å². The number of nitrogens with one attached hydrogen (secondary N) is 3. The maximum absolute atomic E-state index is 11.9. The molecule has 2 rings (SSSR count). The van der Waals surface area contributed by atoms with Gasteiger partial charge in [-0.2, -0.15) is 0 Å². The van der Waals surface area contributed by atoms with Crippen LogP contribution in [0, 0.1) is 0 Å². The third-order valence-electron chi connectivity index (χ3n) is 3.27.